The van der Waals surface area contributed by atoms with Gasteiger partial charge in [-0.15, -0.1) is 0 Å². The minimum atomic E-state index is -1.15. The number of benzene rings is 1. The fourth-order valence-electron chi connectivity index (χ4n) is 1.17. The molecule has 0 aliphatic rings. The molecule has 0 fully saturated rings. The predicted molar refractivity (Wildman–Crippen MR) is 63.1 cm³/mol. The standard InChI is InChI=1S/C9H6BrClN2O3/c1-13(9(14)15)8-12-6-3-4(10)2-5(11)7(6)16-8/h2-3H,1H3,(H,14,15). The van der Waals surface area contributed by atoms with Crippen LogP contribution in [0.25, 0.3) is 11.1 Å². The maximum atomic E-state index is 10.7. The summed E-state index contributed by atoms with van der Waals surface area (Å²) in [5, 5.41) is 9.14. The molecule has 0 spiro atoms. The van der Waals surface area contributed by atoms with Gasteiger partial charge in [-0.25, -0.2) is 9.69 Å². The second-order valence-electron chi connectivity index (χ2n) is 3.07. The summed E-state index contributed by atoms with van der Waals surface area (Å²) < 4.78 is 6.01. The van der Waals surface area contributed by atoms with Gasteiger partial charge in [-0.3, -0.25) is 0 Å². The summed E-state index contributed by atoms with van der Waals surface area (Å²) in [7, 11) is 1.34. The van der Waals surface area contributed by atoms with Crippen molar-refractivity contribution in [1.29, 1.82) is 0 Å². The molecule has 0 radical (unpaired) electrons. The number of aromatic nitrogens is 1. The highest BCUT2D eigenvalue weighted by molar-refractivity contribution is 9.10. The Balaban J connectivity index is 2.60. The minimum Gasteiger partial charge on any atom is -0.465 e. The van der Waals surface area contributed by atoms with Gasteiger partial charge in [0.1, 0.15) is 5.52 Å². The number of hydrogen-bond acceptors (Lipinski definition) is 3. The SMILES string of the molecule is CN(C(=O)O)c1nc2cc(Br)cc(Cl)c2o1. The average molecular weight is 306 g/mol. The second kappa shape index (κ2) is 3.95. The molecule has 1 aromatic carbocycles. The highest BCUT2D eigenvalue weighted by atomic mass is 79.9. The number of fused-ring (bicyclic) bond motifs is 1. The maximum Gasteiger partial charge on any atom is 0.415 e. The van der Waals surface area contributed by atoms with Crippen LogP contribution in [0.15, 0.2) is 21.0 Å². The lowest BCUT2D eigenvalue weighted by Crippen LogP contribution is -2.23. The molecule has 0 aliphatic heterocycles. The third kappa shape index (κ3) is 1.85. The largest absolute Gasteiger partial charge is 0.465 e. The van der Waals surface area contributed by atoms with E-state index in [1.165, 1.54) is 7.05 Å². The van der Waals surface area contributed by atoms with Crippen LogP contribution in [0.1, 0.15) is 0 Å². The van der Waals surface area contributed by atoms with Crippen molar-refractivity contribution in [3.63, 3.8) is 0 Å². The highest BCUT2D eigenvalue weighted by Gasteiger charge is 2.17. The van der Waals surface area contributed by atoms with E-state index >= 15 is 0 Å². The van der Waals surface area contributed by atoms with Gasteiger partial charge in [0.25, 0.3) is 0 Å². The van der Waals surface area contributed by atoms with Crippen LogP contribution in [-0.4, -0.2) is 23.2 Å². The first-order valence-corrected chi connectivity index (χ1v) is 5.38. The third-order valence-corrected chi connectivity index (χ3v) is 2.71. The van der Waals surface area contributed by atoms with Gasteiger partial charge in [0.05, 0.1) is 5.02 Å². The Bertz CT molecular complexity index is 569. The molecule has 1 amide bonds. The number of carboxylic acid groups (broad SMARTS) is 1. The maximum absolute atomic E-state index is 10.7. The minimum absolute atomic E-state index is 0.0116. The Morgan fingerprint density at radius 1 is 1.62 bits per heavy atom. The number of nitrogens with zero attached hydrogens (tertiary/aromatic N) is 2. The van der Waals surface area contributed by atoms with Gasteiger partial charge in [0.15, 0.2) is 5.58 Å². The topological polar surface area (TPSA) is 66.6 Å². The Labute approximate surface area is 104 Å². The van der Waals surface area contributed by atoms with Crippen LogP contribution in [0.3, 0.4) is 0 Å². The third-order valence-electron chi connectivity index (χ3n) is 1.97. The molecule has 2 aromatic rings. The van der Waals surface area contributed by atoms with Crippen molar-refractivity contribution < 1.29 is 14.3 Å². The van der Waals surface area contributed by atoms with E-state index in [-0.39, 0.29) is 6.01 Å². The molecule has 0 saturated carbocycles. The van der Waals surface area contributed by atoms with Crippen molar-refractivity contribution in [2.75, 3.05) is 11.9 Å². The van der Waals surface area contributed by atoms with E-state index in [1.807, 2.05) is 0 Å². The van der Waals surface area contributed by atoms with Gasteiger partial charge < -0.3 is 9.52 Å². The summed E-state index contributed by atoms with van der Waals surface area (Å²) in [6, 6.07) is 3.34. The monoisotopic (exact) mass is 304 g/mol. The second-order valence-corrected chi connectivity index (χ2v) is 4.40. The van der Waals surface area contributed by atoms with E-state index in [4.69, 9.17) is 21.1 Å². The van der Waals surface area contributed by atoms with E-state index in [1.54, 1.807) is 12.1 Å². The number of oxazole rings is 1. The van der Waals surface area contributed by atoms with Crippen LogP contribution < -0.4 is 4.90 Å². The molecular formula is C9H6BrClN2O3. The first kappa shape index (κ1) is 11.2. The zero-order chi connectivity index (χ0) is 11.9. The van der Waals surface area contributed by atoms with Crippen molar-refractivity contribution in [3.05, 3.63) is 21.6 Å². The fourth-order valence-corrected chi connectivity index (χ4v) is 2.00. The highest BCUT2D eigenvalue weighted by Crippen LogP contribution is 2.30. The number of carbonyl (C=O) groups is 1. The number of anilines is 1. The van der Waals surface area contributed by atoms with E-state index in [2.05, 4.69) is 20.9 Å². The van der Waals surface area contributed by atoms with E-state index in [9.17, 15) is 4.79 Å². The number of hydrogen-bond donors (Lipinski definition) is 1. The molecule has 16 heavy (non-hydrogen) atoms. The van der Waals surface area contributed by atoms with E-state index in [0.29, 0.717) is 16.1 Å². The van der Waals surface area contributed by atoms with Crippen molar-refractivity contribution in [1.82, 2.24) is 4.98 Å². The Morgan fingerprint density at radius 2 is 2.31 bits per heavy atom. The zero-order valence-electron chi connectivity index (χ0n) is 8.07. The molecule has 5 nitrogen and oxygen atoms in total. The molecule has 0 saturated heterocycles. The summed E-state index contributed by atoms with van der Waals surface area (Å²) in [5.41, 5.74) is 0.871. The molecular weight excluding hydrogens is 299 g/mol. The lowest BCUT2D eigenvalue weighted by atomic mass is 10.3. The van der Waals surface area contributed by atoms with Crippen molar-refractivity contribution in [3.8, 4) is 0 Å². The fraction of sp³-hybridized carbons (Fsp3) is 0.111. The molecule has 1 aromatic heterocycles. The predicted octanol–water partition coefficient (Wildman–Crippen LogP) is 3.36. The smallest absolute Gasteiger partial charge is 0.415 e. The van der Waals surface area contributed by atoms with Crippen molar-refractivity contribution >= 4 is 50.7 Å². The number of amides is 1. The van der Waals surface area contributed by atoms with Crippen LogP contribution in [0.4, 0.5) is 10.8 Å². The summed E-state index contributed by atoms with van der Waals surface area (Å²) in [5.74, 6) is 0. The molecule has 2 rings (SSSR count). The van der Waals surface area contributed by atoms with Crippen molar-refractivity contribution in [2.45, 2.75) is 0 Å². The molecule has 84 valence electrons. The Hall–Kier alpha value is -1.27. The van der Waals surface area contributed by atoms with Gasteiger partial charge in [0.2, 0.25) is 0 Å². The lowest BCUT2D eigenvalue weighted by Gasteiger charge is -2.05. The van der Waals surface area contributed by atoms with Crippen LogP contribution in [-0.2, 0) is 0 Å². The summed E-state index contributed by atoms with van der Waals surface area (Å²) >= 11 is 9.19. The van der Waals surface area contributed by atoms with Gasteiger partial charge in [-0.05, 0) is 12.1 Å². The van der Waals surface area contributed by atoms with E-state index in [0.717, 1.165) is 9.37 Å². The molecule has 1 heterocycles. The normalized spacial score (nSPS) is 10.7. The first-order chi connectivity index (χ1) is 7.49. The Morgan fingerprint density at radius 3 is 2.94 bits per heavy atom. The quantitative estimate of drug-likeness (QED) is 0.877. The first-order valence-electron chi connectivity index (χ1n) is 4.21. The van der Waals surface area contributed by atoms with Gasteiger partial charge >= 0.3 is 12.1 Å². The van der Waals surface area contributed by atoms with Crippen LogP contribution in [0.2, 0.25) is 5.02 Å². The zero-order valence-corrected chi connectivity index (χ0v) is 10.4. The summed E-state index contributed by atoms with van der Waals surface area (Å²) in [6.07, 6.45) is -1.15. The molecule has 0 aliphatic carbocycles. The van der Waals surface area contributed by atoms with Crippen LogP contribution in [0.5, 0.6) is 0 Å². The molecule has 7 heteroatoms. The van der Waals surface area contributed by atoms with Crippen molar-refractivity contribution in [2.24, 2.45) is 0 Å². The summed E-state index contributed by atoms with van der Waals surface area (Å²) in [6.45, 7) is 0. The number of rotatable bonds is 1. The average Bonchev–Trinajstić information content (AvgIpc) is 2.60. The van der Waals surface area contributed by atoms with Gasteiger partial charge in [-0.1, -0.05) is 27.5 Å². The molecule has 0 bridgehead atoms. The molecule has 0 atom stereocenters. The van der Waals surface area contributed by atoms with E-state index < -0.39 is 6.09 Å². The Kier molecular flexibility index (Phi) is 2.77. The van der Waals surface area contributed by atoms with Gasteiger partial charge in [0, 0.05) is 11.5 Å². The summed E-state index contributed by atoms with van der Waals surface area (Å²) in [4.78, 5) is 15.6. The molecule has 0 unspecified atom stereocenters. The van der Waals surface area contributed by atoms with Crippen LogP contribution >= 0.6 is 27.5 Å². The van der Waals surface area contributed by atoms with Crippen LogP contribution in [0, 0.1) is 0 Å². The van der Waals surface area contributed by atoms with Gasteiger partial charge in [-0.2, -0.15) is 4.98 Å². The number of halogens is 2. The molecule has 1 N–H and O–H groups in total. The lowest BCUT2D eigenvalue weighted by molar-refractivity contribution is 0.202.